The van der Waals surface area contributed by atoms with Crippen LogP contribution in [0.2, 0.25) is 0 Å². The van der Waals surface area contributed by atoms with Gasteiger partial charge in [-0.05, 0) is 68.7 Å². The number of aromatic nitrogens is 2. The number of likely N-dealkylation sites (N-methyl/N-ethyl adjacent to an activating group) is 1. The van der Waals surface area contributed by atoms with Crippen molar-refractivity contribution in [1.29, 1.82) is 0 Å². The maximum atomic E-state index is 13.4. The van der Waals surface area contributed by atoms with E-state index in [-0.39, 0.29) is 29.8 Å². The van der Waals surface area contributed by atoms with Crippen molar-refractivity contribution in [2.45, 2.75) is 0 Å². The summed E-state index contributed by atoms with van der Waals surface area (Å²) >= 11 is 0. The van der Waals surface area contributed by atoms with Gasteiger partial charge in [0.25, 0.3) is 0 Å². The van der Waals surface area contributed by atoms with Gasteiger partial charge in [0.15, 0.2) is 11.6 Å². The smallest absolute Gasteiger partial charge is 0.238 e. The Morgan fingerprint density at radius 1 is 0.914 bits per heavy atom. The van der Waals surface area contributed by atoms with Crippen LogP contribution in [0.5, 0.6) is 0 Å². The summed E-state index contributed by atoms with van der Waals surface area (Å²) in [6.07, 6.45) is 0. The molecular weight excluding hydrogens is 471 g/mol. The quantitative estimate of drug-likeness (QED) is 0.321. The van der Waals surface area contributed by atoms with Crippen molar-refractivity contribution in [2.24, 2.45) is 0 Å². The van der Waals surface area contributed by atoms with Crippen LogP contribution in [0.15, 0.2) is 72.8 Å². The Hall–Kier alpha value is -4.09. The molecule has 2 N–H and O–H groups in total. The molecule has 0 unspecified atom stereocenters. The summed E-state index contributed by atoms with van der Waals surface area (Å²) in [5.74, 6) is -0.454. The molecule has 0 saturated carbocycles. The summed E-state index contributed by atoms with van der Waals surface area (Å²) in [6, 6.07) is 19.1. The molecule has 35 heavy (non-hydrogen) atoms. The van der Waals surface area contributed by atoms with Crippen LogP contribution in [0, 0.1) is 5.82 Å². The third-order valence-corrected chi connectivity index (χ3v) is 5.60. The van der Waals surface area contributed by atoms with E-state index in [1.165, 1.54) is 30.3 Å². The number of benzene rings is 3. The number of fused-ring (bicyclic) bond motifs is 1. The van der Waals surface area contributed by atoms with Gasteiger partial charge in [-0.15, -0.1) is 0 Å². The number of para-hydroxylation sites is 2. The number of halogens is 1. The number of thiol groups is 1. The van der Waals surface area contributed by atoms with Crippen LogP contribution in [0.25, 0.3) is 11.0 Å². The van der Waals surface area contributed by atoms with Crippen LogP contribution in [-0.2, 0) is 15.7 Å². The largest absolute Gasteiger partial charge is 0.337 e. The highest BCUT2D eigenvalue weighted by molar-refractivity contribution is 7.74. The number of rotatable bonds is 8. The van der Waals surface area contributed by atoms with Gasteiger partial charge >= 0.3 is 0 Å². The van der Waals surface area contributed by atoms with Crippen LogP contribution < -0.4 is 14.9 Å². The monoisotopic (exact) mass is 494 g/mol. The first-order valence-electron chi connectivity index (χ1n) is 10.6. The predicted molar refractivity (Wildman–Crippen MR) is 135 cm³/mol. The minimum absolute atomic E-state index is 0.0286. The number of anilines is 5. The number of nitrogens with one attached hydrogen (secondary N) is 2. The summed E-state index contributed by atoms with van der Waals surface area (Å²) in [5, 5.41) is 5.80. The van der Waals surface area contributed by atoms with Crippen molar-refractivity contribution in [3.8, 4) is 0 Å². The standard InChI is InChI=1S/C24H23FN6O3S/c1-30(2)15-22(32)26-18-6-5-7-19(14-18)31(35(33)34)24-23(27-17-12-10-16(25)11-13-17)28-20-8-3-4-9-21(20)29-24/h3-14,35H,15H2,1-2H3,(H,26,32)(H,27,28). The van der Waals surface area contributed by atoms with Gasteiger partial charge in [-0.2, -0.15) is 0 Å². The van der Waals surface area contributed by atoms with Gasteiger partial charge in [-0.1, -0.05) is 18.2 Å². The van der Waals surface area contributed by atoms with Gasteiger partial charge in [0.1, 0.15) is 5.82 Å². The van der Waals surface area contributed by atoms with Crippen molar-refractivity contribution >= 4 is 56.5 Å². The molecule has 0 bridgehead atoms. The second-order valence-corrected chi connectivity index (χ2v) is 8.78. The maximum absolute atomic E-state index is 13.4. The molecule has 0 aliphatic carbocycles. The van der Waals surface area contributed by atoms with Crippen molar-refractivity contribution < 1.29 is 17.6 Å². The zero-order valence-corrected chi connectivity index (χ0v) is 19.9. The van der Waals surface area contributed by atoms with E-state index in [1.54, 1.807) is 61.5 Å². The highest BCUT2D eigenvalue weighted by Crippen LogP contribution is 2.34. The minimum atomic E-state index is -3.20. The lowest BCUT2D eigenvalue weighted by molar-refractivity contribution is -0.116. The molecular formula is C24H23FN6O3S. The molecule has 0 radical (unpaired) electrons. The van der Waals surface area contributed by atoms with E-state index in [0.29, 0.717) is 22.4 Å². The molecule has 4 aromatic rings. The molecule has 0 saturated heterocycles. The Bertz CT molecular complexity index is 1440. The number of carbonyl (C=O) groups excluding carboxylic acids is 1. The Morgan fingerprint density at radius 3 is 2.26 bits per heavy atom. The molecule has 3 aromatic carbocycles. The number of hydrogen-bond acceptors (Lipinski definition) is 7. The Balaban J connectivity index is 1.79. The summed E-state index contributed by atoms with van der Waals surface area (Å²) in [6.45, 7) is 0.172. The fourth-order valence-electron chi connectivity index (χ4n) is 3.39. The predicted octanol–water partition coefficient (Wildman–Crippen LogP) is 3.68. The van der Waals surface area contributed by atoms with Crippen LogP contribution >= 0.6 is 0 Å². The number of nitrogens with zero attached hydrogens (tertiary/aromatic N) is 4. The van der Waals surface area contributed by atoms with Crippen LogP contribution in [0.3, 0.4) is 0 Å². The molecule has 0 fully saturated rings. The first-order chi connectivity index (χ1) is 16.8. The van der Waals surface area contributed by atoms with Gasteiger partial charge in [0, 0.05) is 11.4 Å². The average molecular weight is 495 g/mol. The van der Waals surface area contributed by atoms with Gasteiger partial charge in [0.05, 0.1) is 23.3 Å². The molecule has 0 atom stereocenters. The highest BCUT2D eigenvalue weighted by Gasteiger charge is 2.21. The summed E-state index contributed by atoms with van der Waals surface area (Å²) in [5.41, 5.74) is 2.23. The van der Waals surface area contributed by atoms with Crippen molar-refractivity contribution in [3.05, 3.63) is 78.6 Å². The third kappa shape index (κ3) is 5.89. The Morgan fingerprint density at radius 2 is 1.60 bits per heavy atom. The average Bonchev–Trinajstić information content (AvgIpc) is 2.80. The maximum Gasteiger partial charge on any atom is 0.238 e. The molecule has 1 amide bonds. The van der Waals surface area contributed by atoms with E-state index in [2.05, 4.69) is 20.6 Å². The number of hydrogen-bond donors (Lipinski definition) is 3. The number of amides is 1. The molecule has 180 valence electrons. The Labute approximate surface area is 203 Å². The molecule has 4 rings (SSSR count). The summed E-state index contributed by atoms with van der Waals surface area (Å²) in [4.78, 5) is 23.1. The molecule has 11 heteroatoms. The SMILES string of the molecule is CN(C)CC(=O)Nc1cccc(N(c2nc3ccccc3nc2Nc2ccc(F)cc2)[SH](=O)=O)c1. The highest BCUT2D eigenvalue weighted by atomic mass is 32.2. The molecule has 0 aliphatic heterocycles. The number of carbonyl (C=O) groups is 1. The third-order valence-electron chi connectivity index (χ3n) is 4.86. The van der Waals surface area contributed by atoms with Crippen LogP contribution in [0.4, 0.5) is 33.1 Å². The summed E-state index contributed by atoms with van der Waals surface area (Å²) in [7, 11) is 0.339. The Kier molecular flexibility index (Phi) is 7.18. The van der Waals surface area contributed by atoms with E-state index in [0.717, 1.165) is 4.31 Å². The minimum Gasteiger partial charge on any atom is -0.337 e. The van der Waals surface area contributed by atoms with E-state index in [4.69, 9.17) is 0 Å². The fourth-order valence-corrected chi connectivity index (χ4v) is 4.00. The zero-order valence-electron chi connectivity index (χ0n) is 19.0. The zero-order chi connectivity index (χ0) is 24.9. The molecule has 0 aliphatic rings. The second-order valence-electron chi connectivity index (χ2n) is 7.90. The van der Waals surface area contributed by atoms with E-state index in [1.807, 2.05) is 0 Å². The first kappa shape index (κ1) is 24.0. The lowest BCUT2D eigenvalue weighted by Crippen LogP contribution is -2.27. The van der Waals surface area contributed by atoms with E-state index >= 15 is 0 Å². The van der Waals surface area contributed by atoms with Crippen molar-refractivity contribution in [2.75, 3.05) is 35.6 Å². The van der Waals surface area contributed by atoms with Gasteiger partial charge in [0.2, 0.25) is 16.8 Å². The second kappa shape index (κ2) is 10.5. The van der Waals surface area contributed by atoms with Gasteiger partial charge in [-0.3, -0.25) is 4.79 Å². The lowest BCUT2D eigenvalue weighted by atomic mass is 10.2. The van der Waals surface area contributed by atoms with Crippen molar-refractivity contribution in [3.63, 3.8) is 0 Å². The van der Waals surface area contributed by atoms with Gasteiger partial charge in [-0.25, -0.2) is 27.1 Å². The lowest BCUT2D eigenvalue weighted by Gasteiger charge is -2.21. The van der Waals surface area contributed by atoms with Gasteiger partial charge < -0.3 is 15.5 Å². The molecule has 1 heterocycles. The van der Waals surface area contributed by atoms with E-state index in [9.17, 15) is 17.6 Å². The van der Waals surface area contributed by atoms with E-state index < -0.39 is 16.7 Å². The normalized spacial score (nSPS) is 11.1. The first-order valence-corrected chi connectivity index (χ1v) is 11.7. The molecule has 1 aromatic heterocycles. The van der Waals surface area contributed by atoms with Crippen molar-refractivity contribution in [1.82, 2.24) is 14.9 Å². The van der Waals surface area contributed by atoms with Crippen LogP contribution in [-0.4, -0.2) is 49.8 Å². The fraction of sp³-hybridized carbons (Fsp3) is 0.125. The molecule has 9 nitrogen and oxygen atoms in total. The molecule has 0 spiro atoms. The topological polar surface area (TPSA) is 108 Å². The van der Waals surface area contributed by atoms with Crippen LogP contribution in [0.1, 0.15) is 0 Å². The summed E-state index contributed by atoms with van der Waals surface area (Å²) < 4.78 is 39.4.